The predicted molar refractivity (Wildman–Crippen MR) is 64.6 cm³/mol. The number of carbonyl (C=O) groups excluding carboxylic acids is 1. The van der Waals surface area contributed by atoms with Gasteiger partial charge in [-0.3, -0.25) is 4.79 Å². The van der Waals surface area contributed by atoms with E-state index < -0.39 is 6.10 Å². The fourth-order valence-electron chi connectivity index (χ4n) is 2.60. The molecule has 1 N–H and O–H groups in total. The molecule has 17 heavy (non-hydrogen) atoms. The van der Waals surface area contributed by atoms with Crippen molar-refractivity contribution in [1.82, 2.24) is 0 Å². The van der Waals surface area contributed by atoms with Gasteiger partial charge in [0.15, 0.2) is 0 Å². The van der Waals surface area contributed by atoms with Crippen LogP contribution in [0.25, 0.3) is 0 Å². The minimum Gasteiger partial charge on any atom is -0.459 e. The molecule has 1 aliphatic rings. The van der Waals surface area contributed by atoms with E-state index in [1.807, 2.05) is 13.8 Å². The monoisotopic (exact) mass is 244 g/mol. The van der Waals surface area contributed by atoms with Gasteiger partial charge in [-0.05, 0) is 19.8 Å². The van der Waals surface area contributed by atoms with E-state index in [1.165, 1.54) is 6.92 Å². The molecular formula is C13H24O4. The van der Waals surface area contributed by atoms with Gasteiger partial charge in [-0.15, -0.1) is 0 Å². The molecule has 4 nitrogen and oxygen atoms in total. The van der Waals surface area contributed by atoms with E-state index in [1.54, 1.807) is 0 Å². The maximum Gasteiger partial charge on any atom is 0.303 e. The molecule has 0 spiro atoms. The highest BCUT2D eigenvalue weighted by Gasteiger charge is 2.43. The van der Waals surface area contributed by atoms with Gasteiger partial charge >= 0.3 is 5.97 Å². The number of hydrogen-bond acceptors (Lipinski definition) is 4. The molecule has 0 aromatic rings. The molecule has 1 aliphatic heterocycles. The fourth-order valence-corrected chi connectivity index (χ4v) is 2.60. The van der Waals surface area contributed by atoms with Crippen molar-refractivity contribution in [3.63, 3.8) is 0 Å². The Balaban J connectivity index is 2.83. The summed E-state index contributed by atoms with van der Waals surface area (Å²) in [7, 11) is 0. The lowest BCUT2D eigenvalue weighted by Crippen LogP contribution is -2.54. The third-order valence-corrected chi connectivity index (χ3v) is 3.44. The number of aliphatic hydroxyl groups excluding tert-OH is 1. The molecule has 4 heteroatoms. The first-order valence-electron chi connectivity index (χ1n) is 6.51. The molecule has 0 radical (unpaired) electrons. The molecule has 1 heterocycles. The number of ether oxygens (including phenoxy) is 2. The third-order valence-electron chi connectivity index (χ3n) is 3.44. The zero-order chi connectivity index (χ0) is 13.0. The molecular weight excluding hydrogens is 220 g/mol. The van der Waals surface area contributed by atoms with Crippen LogP contribution in [-0.2, 0) is 14.3 Å². The Kier molecular flexibility index (Phi) is 5.40. The van der Waals surface area contributed by atoms with E-state index in [0.29, 0.717) is 0 Å². The Labute approximate surface area is 103 Å². The molecule has 5 atom stereocenters. The summed E-state index contributed by atoms with van der Waals surface area (Å²) in [5.41, 5.74) is 0. The lowest BCUT2D eigenvalue weighted by atomic mass is 9.83. The molecule has 0 aromatic heterocycles. The van der Waals surface area contributed by atoms with Crippen molar-refractivity contribution in [2.24, 2.45) is 5.92 Å². The van der Waals surface area contributed by atoms with Gasteiger partial charge in [-0.1, -0.05) is 20.3 Å². The smallest absolute Gasteiger partial charge is 0.303 e. The summed E-state index contributed by atoms with van der Waals surface area (Å²) in [6.07, 6.45) is 1.46. The van der Waals surface area contributed by atoms with Gasteiger partial charge in [0.2, 0.25) is 0 Å². The molecule has 0 saturated carbocycles. The van der Waals surface area contributed by atoms with Crippen LogP contribution in [-0.4, -0.2) is 35.5 Å². The lowest BCUT2D eigenvalue weighted by molar-refractivity contribution is -0.212. The molecule has 0 aromatic carbocycles. The highest BCUT2D eigenvalue weighted by atomic mass is 16.6. The topological polar surface area (TPSA) is 55.8 Å². The van der Waals surface area contributed by atoms with Crippen LogP contribution in [0.4, 0.5) is 0 Å². The van der Waals surface area contributed by atoms with Crippen LogP contribution in [0.5, 0.6) is 0 Å². The van der Waals surface area contributed by atoms with Crippen LogP contribution >= 0.6 is 0 Å². The number of aliphatic hydroxyl groups is 1. The quantitative estimate of drug-likeness (QED) is 0.767. The van der Waals surface area contributed by atoms with Gasteiger partial charge in [0, 0.05) is 12.8 Å². The third kappa shape index (κ3) is 3.42. The fraction of sp³-hybridized carbons (Fsp3) is 0.923. The van der Waals surface area contributed by atoms with Crippen molar-refractivity contribution >= 4 is 5.97 Å². The van der Waals surface area contributed by atoms with E-state index in [-0.39, 0.29) is 30.2 Å². The zero-order valence-electron chi connectivity index (χ0n) is 11.2. The largest absolute Gasteiger partial charge is 0.459 e. The SMILES string of the molecule is CCCC1OC(C)C(O)C(CC)C1OC(C)=O. The Morgan fingerprint density at radius 1 is 1.41 bits per heavy atom. The van der Waals surface area contributed by atoms with Crippen molar-refractivity contribution in [2.75, 3.05) is 0 Å². The van der Waals surface area contributed by atoms with E-state index >= 15 is 0 Å². The highest BCUT2D eigenvalue weighted by molar-refractivity contribution is 5.66. The van der Waals surface area contributed by atoms with Gasteiger partial charge in [-0.2, -0.15) is 0 Å². The van der Waals surface area contributed by atoms with E-state index in [0.717, 1.165) is 19.3 Å². The summed E-state index contributed by atoms with van der Waals surface area (Å²) in [4.78, 5) is 11.2. The minimum absolute atomic E-state index is 0.0285. The van der Waals surface area contributed by atoms with E-state index in [4.69, 9.17) is 9.47 Å². The second kappa shape index (κ2) is 6.36. The minimum atomic E-state index is -0.558. The van der Waals surface area contributed by atoms with E-state index in [9.17, 15) is 9.90 Å². The Morgan fingerprint density at radius 3 is 2.53 bits per heavy atom. The van der Waals surface area contributed by atoms with Crippen molar-refractivity contribution in [2.45, 2.75) is 71.4 Å². The first-order chi connectivity index (χ1) is 8.01. The number of carbonyl (C=O) groups is 1. The van der Waals surface area contributed by atoms with Crippen molar-refractivity contribution in [3.8, 4) is 0 Å². The van der Waals surface area contributed by atoms with Gasteiger partial charge in [-0.25, -0.2) is 0 Å². The summed E-state index contributed by atoms with van der Waals surface area (Å²) in [5.74, 6) is -0.334. The maximum absolute atomic E-state index is 11.2. The van der Waals surface area contributed by atoms with Crippen LogP contribution < -0.4 is 0 Å². The summed E-state index contributed by atoms with van der Waals surface area (Å²) in [6, 6.07) is 0. The highest BCUT2D eigenvalue weighted by Crippen LogP contribution is 2.32. The van der Waals surface area contributed by atoms with E-state index in [2.05, 4.69) is 6.92 Å². The van der Waals surface area contributed by atoms with Gasteiger partial charge in [0.25, 0.3) is 0 Å². The summed E-state index contributed by atoms with van der Waals surface area (Å²) in [5, 5.41) is 10.1. The normalized spacial score (nSPS) is 37.8. The molecule has 1 fully saturated rings. The molecule has 100 valence electrons. The Bertz CT molecular complexity index is 254. The van der Waals surface area contributed by atoms with Crippen LogP contribution in [0.3, 0.4) is 0 Å². The number of hydrogen-bond donors (Lipinski definition) is 1. The molecule has 0 aliphatic carbocycles. The number of rotatable bonds is 4. The Morgan fingerprint density at radius 2 is 2.06 bits per heavy atom. The maximum atomic E-state index is 11.2. The molecule has 5 unspecified atom stereocenters. The average Bonchev–Trinajstić information content (AvgIpc) is 2.25. The average molecular weight is 244 g/mol. The Hall–Kier alpha value is -0.610. The van der Waals surface area contributed by atoms with Crippen LogP contribution in [0.2, 0.25) is 0 Å². The summed E-state index contributed by atoms with van der Waals surface area (Å²) >= 11 is 0. The molecule has 1 rings (SSSR count). The summed E-state index contributed by atoms with van der Waals surface area (Å²) in [6.45, 7) is 7.36. The van der Waals surface area contributed by atoms with Crippen LogP contribution in [0.1, 0.15) is 47.0 Å². The van der Waals surface area contributed by atoms with Crippen molar-refractivity contribution in [1.29, 1.82) is 0 Å². The summed E-state index contributed by atoms with van der Waals surface area (Å²) < 4.78 is 11.1. The molecule has 1 saturated heterocycles. The predicted octanol–water partition coefficient (Wildman–Crippen LogP) is 1.89. The standard InChI is InChI=1S/C13H24O4/c1-5-7-11-13(17-9(4)14)10(6-2)12(15)8(3)16-11/h8,10-13,15H,5-7H2,1-4H3. The van der Waals surface area contributed by atoms with Crippen molar-refractivity contribution in [3.05, 3.63) is 0 Å². The molecule has 0 amide bonds. The zero-order valence-corrected chi connectivity index (χ0v) is 11.2. The first kappa shape index (κ1) is 14.5. The molecule has 0 bridgehead atoms. The second-order valence-electron chi connectivity index (χ2n) is 4.81. The van der Waals surface area contributed by atoms with Gasteiger partial charge < -0.3 is 14.6 Å². The first-order valence-corrected chi connectivity index (χ1v) is 6.51. The lowest BCUT2D eigenvalue weighted by Gasteiger charge is -2.43. The second-order valence-corrected chi connectivity index (χ2v) is 4.81. The van der Waals surface area contributed by atoms with Crippen LogP contribution in [0, 0.1) is 5.92 Å². The van der Waals surface area contributed by atoms with Gasteiger partial charge in [0.05, 0.1) is 18.3 Å². The van der Waals surface area contributed by atoms with Crippen molar-refractivity contribution < 1.29 is 19.4 Å². The van der Waals surface area contributed by atoms with Crippen LogP contribution in [0.15, 0.2) is 0 Å². The van der Waals surface area contributed by atoms with Gasteiger partial charge in [0.1, 0.15) is 6.10 Å². The number of esters is 1.